The summed E-state index contributed by atoms with van der Waals surface area (Å²) in [6.07, 6.45) is 1.83. The number of ether oxygens (including phenoxy) is 3. The van der Waals surface area contributed by atoms with Crippen LogP contribution in [0.2, 0.25) is 0 Å². The predicted octanol–water partition coefficient (Wildman–Crippen LogP) is 5.93. The molecule has 7 heteroatoms. The highest BCUT2D eigenvalue weighted by Crippen LogP contribution is 2.35. The highest BCUT2D eigenvalue weighted by atomic mass is 16.6. The number of hydrogen-bond acceptors (Lipinski definition) is 7. The van der Waals surface area contributed by atoms with Crippen molar-refractivity contribution in [1.29, 1.82) is 0 Å². The summed E-state index contributed by atoms with van der Waals surface area (Å²) >= 11 is 0. The number of carbonyl (C=O) groups excluding carboxylic acids is 3. The molecular weight excluding hydrogens is 458 g/mol. The quantitative estimate of drug-likeness (QED) is 0.265. The van der Waals surface area contributed by atoms with Crippen LogP contribution in [0.25, 0.3) is 0 Å². The van der Waals surface area contributed by atoms with E-state index >= 15 is 0 Å². The summed E-state index contributed by atoms with van der Waals surface area (Å²) in [5.41, 5.74) is 2.27. The minimum atomic E-state index is -0.712. The van der Waals surface area contributed by atoms with Crippen LogP contribution in [0.1, 0.15) is 81.9 Å². The molecule has 0 aliphatic carbocycles. The third-order valence-corrected chi connectivity index (χ3v) is 6.53. The number of carbonyl (C=O) groups is 3. The Balaban J connectivity index is 2.19. The van der Waals surface area contributed by atoms with Gasteiger partial charge in [-0.15, -0.1) is 0 Å². The first kappa shape index (κ1) is 29.0. The fourth-order valence-corrected chi connectivity index (χ4v) is 4.17. The molecule has 1 unspecified atom stereocenters. The zero-order valence-electron chi connectivity index (χ0n) is 22.7. The lowest BCUT2D eigenvalue weighted by Gasteiger charge is -2.31. The molecule has 0 spiro atoms. The van der Waals surface area contributed by atoms with Gasteiger partial charge in [0, 0.05) is 24.6 Å². The molecule has 0 amide bonds. The van der Waals surface area contributed by atoms with Crippen LogP contribution in [0, 0.1) is 24.7 Å². The van der Waals surface area contributed by atoms with Crippen molar-refractivity contribution >= 4 is 17.7 Å². The van der Waals surface area contributed by atoms with Crippen LogP contribution in [-0.4, -0.2) is 35.9 Å². The van der Waals surface area contributed by atoms with Gasteiger partial charge in [0.1, 0.15) is 6.10 Å². The Morgan fingerprint density at radius 3 is 2.22 bits per heavy atom. The van der Waals surface area contributed by atoms with Crippen LogP contribution in [0.4, 0.5) is 0 Å². The van der Waals surface area contributed by atoms with Crippen molar-refractivity contribution in [2.45, 2.75) is 73.3 Å². The first-order valence-electron chi connectivity index (χ1n) is 12.6. The number of pyridine rings is 1. The molecule has 0 aliphatic heterocycles. The predicted molar refractivity (Wildman–Crippen MR) is 138 cm³/mol. The Morgan fingerprint density at radius 1 is 0.972 bits per heavy atom. The van der Waals surface area contributed by atoms with Gasteiger partial charge in [0.15, 0.2) is 17.2 Å². The van der Waals surface area contributed by atoms with Crippen LogP contribution < -0.4 is 9.47 Å². The normalized spacial score (nSPS) is 14.5. The number of aromatic nitrogens is 1. The van der Waals surface area contributed by atoms with Gasteiger partial charge >= 0.3 is 11.9 Å². The lowest BCUT2D eigenvalue weighted by Crippen LogP contribution is -2.30. The Hall–Kier alpha value is -3.22. The Labute approximate surface area is 214 Å². The van der Waals surface area contributed by atoms with Gasteiger partial charge in [0.25, 0.3) is 0 Å². The third-order valence-electron chi connectivity index (χ3n) is 6.53. The molecule has 7 nitrogen and oxygen atoms in total. The van der Waals surface area contributed by atoms with E-state index in [1.807, 2.05) is 19.1 Å². The Morgan fingerprint density at radius 2 is 1.64 bits per heavy atom. The summed E-state index contributed by atoms with van der Waals surface area (Å²) in [6, 6.07) is 9.65. The summed E-state index contributed by atoms with van der Waals surface area (Å²) in [4.78, 5) is 42.5. The standard InChI is InChI=1S/C29H39NO6/c1-9-18(4)25(22-13-11-10-12-19(22)5)21(7)35-29(33)20(6)16-23(31)26-27(36-28(32)17(2)3)24(34-8)14-15-30-26/h10-15,17-18,20-21,25H,9,16H2,1-8H3/t18?,20-,21+,25-/m1/s1. The molecule has 0 bridgehead atoms. The van der Waals surface area contributed by atoms with Crippen LogP contribution in [0.15, 0.2) is 36.5 Å². The molecule has 1 aromatic carbocycles. The molecule has 36 heavy (non-hydrogen) atoms. The van der Waals surface area contributed by atoms with E-state index in [4.69, 9.17) is 14.2 Å². The second kappa shape index (κ2) is 13.2. The number of rotatable bonds is 12. The summed E-state index contributed by atoms with van der Waals surface area (Å²) < 4.78 is 16.6. The van der Waals surface area contributed by atoms with E-state index in [1.54, 1.807) is 20.8 Å². The topological polar surface area (TPSA) is 91.8 Å². The second-order valence-electron chi connectivity index (χ2n) is 9.70. The smallest absolute Gasteiger partial charge is 0.313 e. The number of benzene rings is 1. The van der Waals surface area contributed by atoms with E-state index < -0.39 is 29.6 Å². The van der Waals surface area contributed by atoms with Gasteiger partial charge in [-0.2, -0.15) is 0 Å². The highest BCUT2D eigenvalue weighted by molar-refractivity contribution is 6.00. The number of aryl methyl sites for hydroxylation is 1. The molecule has 196 valence electrons. The van der Waals surface area contributed by atoms with Crippen molar-refractivity contribution in [1.82, 2.24) is 4.98 Å². The molecule has 4 atom stereocenters. The largest absolute Gasteiger partial charge is 0.493 e. The monoisotopic (exact) mass is 497 g/mol. The molecule has 0 saturated heterocycles. The maximum Gasteiger partial charge on any atom is 0.313 e. The van der Waals surface area contributed by atoms with E-state index in [9.17, 15) is 14.4 Å². The summed E-state index contributed by atoms with van der Waals surface area (Å²) in [7, 11) is 1.42. The SMILES string of the molecule is CCC(C)[C@@H](c1ccccc1C)[C@H](C)OC(=O)[C@H](C)CC(=O)c1nccc(OC)c1OC(=O)C(C)C. The van der Waals surface area contributed by atoms with E-state index in [0.717, 1.165) is 17.5 Å². The zero-order chi connectivity index (χ0) is 27.0. The highest BCUT2D eigenvalue weighted by Gasteiger charge is 2.31. The van der Waals surface area contributed by atoms with Gasteiger partial charge in [-0.1, -0.05) is 65.3 Å². The number of esters is 2. The van der Waals surface area contributed by atoms with Crippen molar-refractivity contribution in [3.05, 3.63) is 53.3 Å². The van der Waals surface area contributed by atoms with Crippen molar-refractivity contribution in [3.63, 3.8) is 0 Å². The maximum absolute atomic E-state index is 13.1. The minimum Gasteiger partial charge on any atom is -0.493 e. The van der Waals surface area contributed by atoms with Gasteiger partial charge in [-0.05, 0) is 30.9 Å². The number of hydrogen-bond donors (Lipinski definition) is 0. The molecule has 0 fully saturated rings. The molecule has 0 aliphatic rings. The van der Waals surface area contributed by atoms with Crippen LogP contribution in [0.5, 0.6) is 11.5 Å². The van der Waals surface area contributed by atoms with E-state index in [0.29, 0.717) is 5.92 Å². The van der Waals surface area contributed by atoms with Crippen LogP contribution in [0.3, 0.4) is 0 Å². The van der Waals surface area contributed by atoms with E-state index in [-0.39, 0.29) is 35.6 Å². The lowest BCUT2D eigenvalue weighted by molar-refractivity contribution is -0.154. The average molecular weight is 498 g/mol. The molecular formula is C29H39NO6. The van der Waals surface area contributed by atoms with Crippen molar-refractivity contribution in [2.24, 2.45) is 17.8 Å². The minimum absolute atomic E-state index is 0.0325. The second-order valence-corrected chi connectivity index (χ2v) is 9.70. The van der Waals surface area contributed by atoms with Gasteiger partial charge in [0.05, 0.1) is 18.9 Å². The van der Waals surface area contributed by atoms with Crippen molar-refractivity contribution < 1.29 is 28.6 Å². The summed E-state index contributed by atoms with van der Waals surface area (Å²) in [5.74, 6) is -2.00. The Kier molecular flexibility index (Phi) is 10.6. The zero-order valence-corrected chi connectivity index (χ0v) is 22.7. The molecule has 0 radical (unpaired) electrons. The summed E-state index contributed by atoms with van der Waals surface area (Å²) in [5, 5.41) is 0. The Bertz CT molecular complexity index is 1060. The molecule has 0 N–H and O–H groups in total. The number of methoxy groups -OCH3 is 1. The third kappa shape index (κ3) is 7.15. The lowest BCUT2D eigenvalue weighted by atomic mass is 9.80. The fraction of sp³-hybridized carbons (Fsp3) is 0.517. The number of Topliss-reactive ketones (excluding diaryl/α,β-unsaturated/α-hetero) is 1. The van der Waals surface area contributed by atoms with Gasteiger partial charge < -0.3 is 14.2 Å². The van der Waals surface area contributed by atoms with Gasteiger partial charge in [0.2, 0.25) is 5.75 Å². The van der Waals surface area contributed by atoms with E-state index in [2.05, 4.69) is 37.9 Å². The first-order valence-corrected chi connectivity index (χ1v) is 12.6. The molecule has 1 heterocycles. The molecule has 2 rings (SSSR count). The number of nitrogens with zero attached hydrogens (tertiary/aromatic N) is 1. The number of ketones is 1. The van der Waals surface area contributed by atoms with Crippen LogP contribution in [-0.2, 0) is 14.3 Å². The van der Waals surface area contributed by atoms with Crippen molar-refractivity contribution in [2.75, 3.05) is 7.11 Å². The van der Waals surface area contributed by atoms with Gasteiger partial charge in [-0.3, -0.25) is 14.4 Å². The average Bonchev–Trinajstić information content (AvgIpc) is 2.84. The van der Waals surface area contributed by atoms with Gasteiger partial charge in [-0.25, -0.2) is 4.98 Å². The summed E-state index contributed by atoms with van der Waals surface area (Å²) in [6.45, 7) is 13.3. The first-order chi connectivity index (χ1) is 17.0. The maximum atomic E-state index is 13.1. The van der Waals surface area contributed by atoms with Crippen LogP contribution >= 0.6 is 0 Å². The molecule has 1 aromatic heterocycles. The van der Waals surface area contributed by atoms with Crippen molar-refractivity contribution in [3.8, 4) is 11.5 Å². The molecule has 0 saturated carbocycles. The fourth-order valence-electron chi connectivity index (χ4n) is 4.17. The molecule has 2 aromatic rings. The van der Waals surface area contributed by atoms with E-state index in [1.165, 1.54) is 19.4 Å².